The Morgan fingerprint density at radius 3 is 1.75 bits per heavy atom. The van der Waals surface area contributed by atoms with Crippen LogP contribution in [-0.2, 0) is 4.74 Å². The predicted octanol–water partition coefficient (Wildman–Crippen LogP) is 6.25. The molecule has 164 valence electrons. The highest BCUT2D eigenvalue weighted by Crippen LogP contribution is 2.28. The number of fused-ring (bicyclic) bond motifs is 2. The van der Waals surface area contributed by atoms with E-state index in [2.05, 4.69) is 0 Å². The molecule has 0 bridgehead atoms. The average Bonchev–Trinajstić information content (AvgIpc) is 2.80. The van der Waals surface area contributed by atoms with Gasteiger partial charge in [-0.1, -0.05) is 48.5 Å². The van der Waals surface area contributed by atoms with Gasteiger partial charge < -0.3 is 9.47 Å². The topological polar surface area (TPSA) is 52.6 Å². The molecule has 0 aliphatic carbocycles. The summed E-state index contributed by atoms with van der Waals surface area (Å²) in [4.78, 5) is 22.8. The van der Waals surface area contributed by atoms with Gasteiger partial charge in [-0.3, -0.25) is 9.59 Å². The van der Waals surface area contributed by atoms with Crippen LogP contribution >= 0.6 is 0 Å². The highest BCUT2D eigenvalue weighted by molar-refractivity contribution is 6.08. The number of hydrogen-bond acceptors (Lipinski definition) is 4. The summed E-state index contributed by atoms with van der Waals surface area (Å²) in [5.74, 6) is 0.522. The lowest BCUT2D eigenvalue weighted by Crippen LogP contribution is -2.05. The van der Waals surface area contributed by atoms with Crippen molar-refractivity contribution >= 4 is 33.1 Å². The molecule has 0 atom stereocenters. The number of carbonyl (C=O) groups is 2. The number of ether oxygens (including phenoxy) is 2. The number of Topliss-reactive ketones (excluding diaryl/α,β-unsaturated/α-hetero) is 2. The summed E-state index contributed by atoms with van der Waals surface area (Å²) < 4.78 is 23.9. The molecule has 4 aromatic rings. The zero-order valence-corrected chi connectivity index (χ0v) is 18.4. The van der Waals surface area contributed by atoms with Crippen LogP contribution in [0.4, 0.5) is 4.39 Å². The standard InChI is InChI=1S/C15H16O3.C12H9FO/c1-11(16)12-7-8-15(18-10-9-17-2)14-6-4-3-5-13(12)14;1-8(14)9-6-7-12(13)11-5-3-2-4-10(9)11/h3-8H,9-10H2,1-2H3;2-7H,1H3. The Labute approximate surface area is 186 Å². The molecular formula is C27H25FO4. The summed E-state index contributed by atoms with van der Waals surface area (Å²) in [7, 11) is 1.64. The molecule has 0 heterocycles. The van der Waals surface area contributed by atoms with Gasteiger partial charge in [0.1, 0.15) is 18.2 Å². The minimum absolute atomic E-state index is 0.0406. The zero-order chi connectivity index (χ0) is 23.1. The normalized spacial score (nSPS) is 10.5. The second kappa shape index (κ2) is 10.6. The van der Waals surface area contributed by atoms with Crippen molar-refractivity contribution in [3.8, 4) is 5.75 Å². The van der Waals surface area contributed by atoms with Gasteiger partial charge in [0.25, 0.3) is 0 Å². The van der Waals surface area contributed by atoms with Crippen LogP contribution in [0.15, 0.2) is 72.8 Å². The fraction of sp³-hybridized carbons (Fsp3) is 0.185. The van der Waals surface area contributed by atoms with Gasteiger partial charge in [0.05, 0.1) is 6.61 Å². The highest BCUT2D eigenvalue weighted by Gasteiger charge is 2.09. The lowest BCUT2D eigenvalue weighted by atomic mass is 10.0. The summed E-state index contributed by atoms with van der Waals surface area (Å²) in [6.45, 7) is 4.11. The van der Waals surface area contributed by atoms with Crippen molar-refractivity contribution in [3.05, 3.63) is 89.7 Å². The minimum Gasteiger partial charge on any atom is -0.491 e. The Balaban J connectivity index is 0.000000186. The van der Waals surface area contributed by atoms with E-state index in [4.69, 9.17) is 9.47 Å². The van der Waals surface area contributed by atoms with Gasteiger partial charge in [0, 0.05) is 29.0 Å². The molecule has 0 unspecified atom stereocenters. The molecule has 32 heavy (non-hydrogen) atoms. The van der Waals surface area contributed by atoms with E-state index in [-0.39, 0.29) is 17.4 Å². The first-order valence-electron chi connectivity index (χ1n) is 10.3. The van der Waals surface area contributed by atoms with Gasteiger partial charge in [0.15, 0.2) is 11.6 Å². The van der Waals surface area contributed by atoms with E-state index in [0.29, 0.717) is 29.5 Å². The Morgan fingerprint density at radius 2 is 1.19 bits per heavy atom. The van der Waals surface area contributed by atoms with Gasteiger partial charge in [0.2, 0.25) is 0 Å². The molecule has 4 aromatic carbocycles. The van der Waals surface area contributed by atoms with Crippen molar-refractivity contribution in [3.63, 3.8) is 0 Å². The van der Waals surface area contributed by atoms with Gasteiger partial charge in [-0.25, -0.2) is 4.39 Å². The Kier molecular flexibility index (Phi) is 7.68. The first-order valence-corrected chi connectivity index (χ1v) is 10.3. The third kappa shape index (κ3) is 5.18. The molecule has 0 aliphatic rings. The largest absolute Gasteiger partial charge is 0.491 e. The van der Waals surface area contributed by atoms with Gasteiger partial charge in [-0.2, -0.15) is 0 Å². The quantitative estimate of drug-likeness (QED) is 0.267. The SMILES string of the molecule is CC(=O)c1ccc(F)c2ccccc12.COCCOc1ccc(C(C)=O)c2ccccc12. The fourth-order valence-corrected chi connectivity index (χ4v) is 3.51. The van der Waals surface area contributed by atoms with E-state index >= 15 is 0 Å². The molecule has 4 nitrogen and oxygen atoms in total. The Morgan fingerprint density at radius 1 is 0.688 bits per heavy atom. The van der Waals surface area contributed by atoms with Crippen LogP contribution < -0.4 is 4.74 Å². The first-order chi connectivity index (χ1) is 15.4. The third-order valence-corrected chi connectivity index (χ3v) is 5.06. The molecule has 0 saturated carbocycles. The van der Waals surface area contributed by atoms with Crippen molar-refractivity contribution in [2.75, 3.05) is 20.3 Å². The molecule has 4 rings (SSSR count). The van der Waals surface area contributed by atoms with E-state index in [9.17, 15) is 14.0 Å². The summed E-state index contributed by atoms with van der Waals surface area (Å²) >= 11 is 0. The second-order valence-corrected chi connectivity index (χ2v) is 7.25. The van der Waals surface area contributed by atoms with Crippen molar-refractivity contribution in [1.29, 1.82) is 0 Å². The van der Waals surface area contributed by atoms with Crippen LogP contribution in [0.1, 0.15) is 34.6 Å². The number of benzene rings is 4. The maximum absolute atomic E-state index is 13.3. The van der Waals surface area contributed by atoms with Gasteiger partial charge in [-0.15, -0.1) is 0 Å². The number of ketones is 2. The van der Waals surface area contributed by atoms with E-state index < -0.39 is 0 Å². The molecule has 0 spiro atoms. The van der Waals surface area contributed by atoms with Crippen molar-refractivity contribution in [1.82, 2.24) is 0 Å². The molecule has 0 saturated heterocycles. The predicted molar refractivity (Wildman–Crippen MR) is 125 cm³/mol. The van der Waals surface area contributed by atoms with E-state index in [1.165, 1.54) is 19.1 Å². The maximum atomic E-state index is 13.3. The van der Waals surface area contributed by atoms with Crippen molar-refractivity contribution < 1.29 is 23.5 Å². The van der Waals surface area contributed by atoms with Crippen molar-refractivity contribution in [2.45, 2.75) is 13.8 Å². The van der Waals surface area contributed by atoms with Crippen LogP contribution in [0.3, 0.4) is 0 Å². The lowest BCUT2D eigenvalue weighted by molar-refractivity contribution is 0.101. The maximum Gasteiger partial charge on any atom is 0.160 e. The molecule has 5 heteroatoms. The van der Waals surface area contributed by atoms with Crippen LogP contribution in [0.5, 0.6) is 5.75 Å². The first kappa shape index (κ1) is 23.1. The van der Waals surface area contributed by atoms with Gasteiger partial charge in [-0.05, 0) is 48.9 Å². The lowest BCUT2D eigenvalue weighted by Gasteiger charge is -2.11. The molecule has 0 aliphatic heterocycles. The number of hydrogen-bond donors (Lipinski definition) is 0. The molecule has 0 amide bonds. The number of carbonyl (C=O) groups excluding carboxylic acids is 2. The average molecular weight is 432 g/mol. The zero-order valence-electron chi connectivity index (χ0n) is 18.4. The smallest absolute Gasteiger partial charge is 0.160 e. The third-order valence-electron chi connectivity index (χ3n) is 5.06. The minimum atomic E-state index is -0.286. The number of rotatable bonds is 6. The summed E-state index contributed by atoms with van der Waals surface area (Å²) in [6, 6.07) is 21.3. The molecule has 0 aromatic heterocycles. The molecule has 0 N–H and O–H groups in total. The Bertz CT molecular complexity index is 1260. The molecule has 0 radical (unpaired) electrons. The number of methoxy groups -OCH3 is 1. The number of halogens is 1. The summed E-state index contributed by atoms with van der Waals surface area (Å²) in [5.41, 5.74) is 1.30. The van der Waals surface area contributed by atoms with E-state index in [1.54, 1.807) is 38.3 Å². The fourth-order valence-electron chi connectivity index (χ4n) is 3.51. The van der Waals surface area contributed by atoms with E-state index in [1.807, 2.05) is 36.4 Å². The molecule has 0 fully saturated rings. The molecular weight excluding hydrogens is 407 g/mol. The summed E-state index contributed by atoms with van der Waals surface area (Å²) in [5, 5.41) is 3.07. The van der Waals surface area contributed by atoms with Crippen molar-refractivity contribution in [2.24, 2.45) is 0 Å². The van der Waals surface area contributed by atoms with Crippen LogP contribution in [0.2, 0.25) is 0 Å². The van der Waals surface area contributed by atoms with Crippen LogP contribution in [0.25, 0.3) is 21.5 Å². The van der Waals surface area contributed by atoms with Crippen LogP contribution in [-0.4, -0.2) is 31.9 Å². The Hall–Kier alpha value is -3.57. The van der Waals surface area contributed by atoms with Crippen LogP contribution in [0, 0.1) is 5.82 Å². The van der Waals surface area contributed by atoms with Gasteiger partial charge >= 0.3 is 0 Å². The second-order valence-electron chi connectivity index (χ2n) is 7.25. The monoisotopic (exact) mass is 432 g/mol. The highest BCUT2D eigenvalue weighted by atomic mass is 19.1. The summed E-state index contributed by atoms with van der Waals surface area (Å²) in [6.07, 6.45) is 0. The van der Waals surface area contributed by atoms with E-state index in [0.717, 1.165) is 22.1 Å².